The molecule has 2 aromatic carbocycles. The van der Waals surface area contributed by atoms with Crippen molar-refractivity contribution in [3.8, 4) is 0 Å². The van der Waals surface area contributed by atoms with E-state index in [1.54, 1.807) is 4.90 Å². The van der Waals surface area contributed by atoms with Gasteiger partial charge in [-0.15, -0.1) is 0 Å². The number of aromatic amines is 1. The highest BCUT2D eigenvalue weighted by atomic mass is 16.4. The molecule has 0 saturated carbocycles. The van der Waals surface area contributed by atoms with Gasteiger partial charge < -0.3 is 10.4 Å². The Morgan fingerprint density at radius 3 is 2.65 bits per heavy atom. The normalized spacial score (nSPS) is 14.2. The van der Waals surface area contributed by atoms with Crippen molar-refractivity contribution >= 4 is 29.0 Å². The zero-order valence-electron chi connectivity index (χ0n) is 14.1. The summed E-state index contributed by atoms with van der Waals surface area (Å²) in [6, 6.07) is 15.7. The highest BCUT2D eigenvalue weighted by Gasteiger charge is 2.37. The lowest BCUT2D eigenvalue weighted by atomic mass is 10.1. The number of urea groups is 1. The summed E-state index contributed by atoms with van der Waals surface area (Å²) in [7, 11) is 0. The molecule has 132 valence electrons. The number of carboxylic acid groups (broad SMARTS) is 1. The van der Waals surface area contributed by atoms with E-state index in [0.29, 0.717) is 19.0 Å². The second kappa shape index (κ2) is 6.51. The molecular weight excluding hydrogens is 332 g/mol. The summed E-state index contributed by atoms with van der Waals surface area (Å²) in [6.07, 6.45) is 0.239. The molecule has 1 atom stereocenters. The number of hydrogen-bond acceptors (Lipinski definition) is 2. The number of carbonyl (C=O) groups excluding carboxylic acids is 1. The van der Waals surface area contributed by atoms with Gasteiger partial charge in [0.25, 0.3) is 0 Å². The van der Waals surface area contributed by atoms with E-state index in [0.717, 1.165) is 16.6 Å². The molecule has 0 radical (unpaired) electrons. The summed E-state index contributed by atoms with van der Waals surface area (Å²) in [5.74, 6) is -0.376. The highest BCUT2D eigenvalue weighted by molar-refractivity contribution is 5.93. The Hall–Kier alpha value is -3.35. The number of carboxylic acids is 1. The molecular formula is C19H19N4O3+. The SMILES string of the molecule is O=C(O)[C@H](Cc1ccccc1)NC(=O)N1CC[n+]2c1[nH]c1ccccc12. The molecule has 0 bridgehead atoms. The van der Waals surface area contributed by atoms with Gasteiger partial charge in [-0.25, -0.2) is 19.1 Å². The Morgan fingerprint density at radius 1 is 1.15 bits per heavy atom. The average molecular weight is 351 g/mol. The maximum Gasteiger partial charge on any atom is 0.382 e. The Kier molecular flexibility index (Phi) is 4.04. The Bertz CT molecular complexity index is 967. The van der Waals surface area contributed by atoms with Crippen molar-refractivity contribution in [3.63, 3.8) is 0 Å². The molecule has 0 fully saturated rings. The van der Waals surface area contributed by atoms with Crippen molar-refractivity contribution in [3.05, 3.63) is 60.2 Å². The lowest BCUT2D eigenvalue weighted by molar-refractivity contribution is -0.644. The van der Waals surface area contributed by atoms with Crippen LogP contribution in [0.2, 0.25) is 0 Å². The van der Waals surface area contributed by atoms with E-state index < -0.39 is 18.0 Å². The number of hydrogen-bond donors (Lipinski definition) is 3. The fraction of sp³-hybridized carbons (Fsp3) is 0.211. The van der Waals surface area contributed by atoms with Gasteiger partial charge in [-0.05, 0) is 17.7 Å². The molecule has 7 nitrogen and oxygen atoms in total. The molecule has 0 spiro atoms. The van der Waals surface area contributed by atoms with Crippen LogP contribution >= 0.6 is 0 Å². The minimum absolute atomic E-state index is 0.239. The third-order valence-corrected chi connectivity index (χ3v) is 4.62. The molecule has 7 heteroatoms. The van der Waals surface area contributed by atoms with Gasteiger partial charge in [0.05, 0.1) is 0 Å². The van der Waals surface area contributed by atoms with E-state index in [9.17, 15) is 14.7 Å². The van der Waals surface area contributed by atoms with Crippen molar-refractivity contribution in [1.82, 2.24) is 10.3 Å². The number of H-pyrrole nitrogens is 1. The van der Waals surface area contributed by atoms with Crippen molar-refractivity contribution < 1.29 is 19.3 Å². The quantitative estimate of drug-likeness (QED) is 0.625. The molecule has 2 amide bonds. The number of fused-ring (bicyclic) bond motifs is 3. The molecule has 4 rings (SSSR count). The minimum atomic E-state index is -1.05. The van der Waals surface area contributed by atoms with Gasteiger partial charge >= 0.3 is 17.9 Å². The van der Waals surface area contributed by atoms with Crippen molar-refractivity contribution in [2.45, 2.75) is 19.0 Å². The Morgan fingerprint density at radius 2 is 1.88 bits per heavy atom. The van der Waals surface area contributed by atoms with Crippen LogP contribution in [0.3, 0.4) is 0 Å². The van der Waals surface area contributed by atoms with E-state index in [4.69, 9.17) is 0 Å². The van der Waals surface area contributed by atoms with Gasteiger partial charge in [-0.2, -0.15) is 4.90 Å². The smallest absolute Gasteiger partial charge is 0.382 e. The van der Waals surface area contributed by atoms with Crippen LogP contribution in [0.1, 0.15) is 5.56 Å². The van der Waals surface area contributed by atoms with Crippen LogP contribution in [0.4, 0.5) is 10.7 Å². The largest absolute Gasteiger partial charge is 0.480 e. The number of para-hydroxylation sites is 2. The van der Waals surface area contributed by atoms with Crippen LogP contribution in [0.15, 0.2) is 54.6 Å². The van der Waals surface area contributed by atoms with Crippen molar-refractivity contribution in [2.24, 2.45) is 0 Å². The fourth-order valence-electron chi connectivity index (χ4n) is 3.34. The first-order chi connectivity index (χ1) is 12.6. The topological polar surface area (TPSA) is 89.3 Å². The van der Waals surface area contributed by atoms with Gasteiger partial charge in [-0.3, -0.25) is 0 Å². The standard InChI is InChI=1S/C19H18N4O3/c24-17(25)15(12-13-6-2-1-3-7-13)21-19(26)23-11-10-22-16-9-5-4-8-14(16)20-18(22)23/h1-9,15H,10-12H2,(H2,21,24,25,26)/p+1/t15-/m0/s1. The first-order valence-corrected chi connectivity index (χ1v) is 8.49. The third-order valence-electron chi connectivity index (χ3n) is 4.62. The fourth-order valence-corrected chi connectivity index (χ4v) is 3.34. The first kappa shape index (κ1) is 16.1. The van der Waals surface area contributed by atoms with Crippen LogP contribution in [-0.2, 0) is 17.8 Å². The lowest BCUT2D eigenvalue weighted by Crippen LogP contribution is -2.49. The van der Waals surface area contributed by atoms with E-state index in [1.165, 1.54) is 0 Å². The van der Waals surface area contributed by atoms with Crippen LogP contribution in [0.5, 0.6) is 0 Å². The summed E-state index contributed by atoms with van der Waals surface area (Å²) >= 11 is 0. The molecule has 26 heavy (non-hydrogen) atoms. The summed E-state index contributed by atoms with van der Waals surface area (Å²) in [6.45, 7) is 1.17. The number of aliphatic carboxylic acids is 1. The van der Waals surface area contributed by atoms with Gasteiger partial charge in [0.1, 0.15) is 30.2 Å². The second-order valence-electron chi connectivity index (χ2n) is 6.30. The van der Waals surface area contributed by atoms with Crippen LogP contribution in [-0.4, -0.2) is 34.7 Å². The molecule has 0 unspecified atom stereocenters. The number of anilines is 1. The molecule has 3 N–H and O–H groups in total. The number of nitrogens with one attached hydrogen (secondary N) is 2. The number of carbonyl (C=O) groups is 2. The van der Waals surface area contributed by atoms with E-state index in [-0.39, 0.29) is 6.42 Å². The van der Waals surface area contributed by atoms with Crippen LogP contribution in [0.25, 0.3) is 11.0 Å². The minimum Gasteiger partial charge on any atom is -0.480 e. The number of imidazole rings is 1. The first-order valence-electron chi connectivity index (χ1n) is 8.49. The summed E-state index contributed by atoms with van der Waals surface area (Å²) in [4.78, 5) is 29.1. The molecule has 0 aliphatic carbocycles. The Balaban J connectivity index is 1.54. The summed E-state index contributed by atoms with van der Waals surface area (Å²) in [5, 5.41) is 12.1. The lowest BCUT2D eigenvalue weighted by Gasteiger charge is -2.16. The van der Waals surface area contributed by atoms with Gasteiger partial charge in [-0.1, -0.05) is 42.5 Å². The maximum atomic E-state index is 12.7. The molecule has 1 aliphatic heterocycles. The van der Waals surface area contributed by atoms with Gasteiger partial charge in [0, 0.05) is 6.42 Å². The van der Waals surface area contributed by atoms with E-state index in [2.05, 4.69) is 10.3 Å². The van der Waals surface area contributed by atoms with E-state index in [1.807, 2.05) is 59.2 Å². The van der Waals surface area contributed by atoms with Crippen molar-refractivity contribution in [1.29, 1.82) is 0 Å². The summed E-state index contributed by atoms with van der Waals surface area (Å²) < 4.78 is 2.03. The van der Waals surface area contributed by atoms with Gasteiger partial charge in [0.15, 0.2) is 0 Å². The van der Waals surface area contributed by atoms with Gasteiger partial charge in [0.2, 0.25) is 0 Å². The number of benzene rings is 2. The molecule has 2 heterocycles. The summed E-state index contributed by atoms with van der Waals surface area (Å²) in [5.41, 5.74) is 2.83. The van der Waals surface area contributed by atoms with Crippen LogP contribution in [0, 0.1) is 0 Å². The molecule has 0 saturated heterocycles. The predicted molar refractivity (Wildman–Crippen MR) is 95.9 cm³/mol. The third kappa shape index (κ3) is 2.88. The zero-order valence-corrected chi connectivity index (χ0v) is 14.1. The predicted octanol–water partition coefficient (Wildman–Crippen LogP) is 1.68. The number of rotatable bonds is 4. The van der Waals surface area contributed by atoms with E-state index >= 15 is 0 Å². The monoisotopic (exact) mass is 351 g/mol. The molecule has 1 aromatic heterocycles. The average Bonchev–Trinajstić information content (AvgIpc) is 3.21. The molecule has 1 aliphatic rings. The Labute approximate surface area is 149 Å². The number of nitrogens with zero attached hydrogens (tertiary/aromatic N) is 2. The zero-order chi connectivity index (χ0) is 18.1. The maximum absolute atomic E-state index is 12.7. The molecule has 3 aromatic rings. The second-order valence-corrected chi connectivity index (χ2v) is 6.30. The number of amides is 2. The van der Waals surface area contributed by atoms with Crippen molar-refractivity contribution in [2.75, 3.05) is 11.4 Å². The van der Waals surface area contributed by atoms with Crippen LogP contribution < -0.4 is 14.8 Å². The number of aromatic nitrogens is 2. The highest BCUT2D eigenvalue weighted by Crippen LogP contribution is 2.19.